The summed E-state index contributed by atoms with van der Waals surface area (Å²) in [6.45, 7) is 0. The summed E-state index contributed by atoms with van der Waals surface area (Å²) >= 11 is 1.87. The molecule has 0 amide bonds. The SMILES string of the molecule is c1ccc2c(c1)Sc1cccc3c4cc(-c5cccc6ccccc56)ccc4n-2c13. The molecule has 2 heterocycles. The van der Waals surface area contributed by atoms with Crippen molar-refractivity contribution in [1.82, 2.24) is 4.57 Å². The summed E-state index contributed by atoms with van der Waals surface area (Å²) in [5.41, 5.74) is 6.43. The predicted molar refractivity (Wildman–Crippen MR) is 128 cm³/mol. The zero-order valence-electron chi connectivity index (χ0n) is 16.2. The Morgan fingerprint density at radius 1 is 0.567 bits per heavy atom. The molecule has 140 valence electrons. The normalized spacial score (nSPS) is 12.5. The minimum absolute atomic E-state index is 1.27. The minimum Gasteiger partial charge on any atom is -0.307 e. The van der Waals surface area contributed by atoms with Crippen LogP contribution in [0.25, 0.3) is 49.4 Å². The molecule has 1 aliphatic rings. The number of fused-ring (bicyclic) bond motifs is 6. The average Bonchev–Trinajstić information content (AvgIpc) is 3.14. The van der Waals surface area contributed by atoms with Gasteiger partial charge in [0.25, 0.3) is 0 Å². The molecule has 0 radical (unpaired) electrons. The van der Waals surface area contributed by atoms with Gasteiger partial charge in [-0.2, -0.15) is 0 Å². The lowest BCUT2D eigenvalue weighted by atomic mass is 9.97. The van der Waals surface area contributed by atoms with Crippen LogP contribution in [0, 0.1) is 0 Å². The van der Waals surface area contributed by atoms with Gasteiger partial charge >= 0.3 is 0 Å². The summed E-state index contributed by atoms with van der Waals surface area (Å²) in [5, 5.41) is 5.22. The predicted octanol–water partition coefficient (Wildman–Crippen LogP) is 8.07. The first-order valence-electron chi connectivity index (χ1n) is 10.2. The van der Waals surface area contributed by atoms with Crippen LogP contribution in [0.15, 0.2) is 113 Å². The van der Waals surface area contributed by atoms with E-state index in [1.54, 1.807) is 0 Å². The van der Waals surface area contributed by atoms with Gasteiger partial charge in [0.05, 0.1) is 16.7 Å². The maximum absolute atomic E-state index is 2.44. The first-order chi connectivity index (χ1) is 14.9. The first kappa shape index (κ1) is 16.3. The van der Waals surface area contributed by atoms with Gasteiger partial charge in [0.15, 0.2) is 0 Å². The van der Waals surface area contributed by atoms with E-state index in [1.165, 1.54) is 59.2 Å². The highest BCUT2D eigenvalue weighted by molar-refractivity contribution is 7.99. The van der Waals surface area contributed by atoms with E-state index in [-0.39, 0.29) is 0 Å². The number of aromatic nitrogens is 1. The first-order valence-corrected chi connectivity index (χ1v) is 11.0. The van der Waals surface area contributed by atoms with Crippen LogP contribution < -0.4 is 0 Å². The molecule has 2 heteroatoms. The van der Waals surface area contributed by atoms with E-state index >= 15 is 0 Å². The number of nitrogens with zero attached hydrogens (tertiary/aromatic N) is 1. The van der Waals surface area contributed by atoms with Crippen LogP contribution >= 0.6 is 11.8 Å². The molecule has 0 fully saturated rings. The van der Waals surface area contributed by atoms with Crippen molar-refractivity contribution in [3.8, 4) is 16.8 Å². The molecule has 5 aromatic carbocycles. The lowest BCUT2D eigenvalue weighted by Gasteiger charge is -2.19. The zero-order chi connectivity index (χ0) is 19.7. The van der Waals surface area contributed by atoms with Crippen LogP contribution in [0.4, 0.5) is 0 Å². The number of benzene rings is 5. The Morgan fingerprint density at radius 3 is 2.33 bits per heavy atom. The molecule has 1 aliphatic heterocycles. The number of hydrogen-bond acceptors (Lipinski definition) is 1. The highest BCUT2D eigenvalue weighted by atomic mass is 32.2. The lowest BCUT2D eigenvalue weighted by Crippen LogP contribution is -2.00. The summed E-state index contributed by atoms with van der Waals surface area (Å²) in [7, 11) is 0. The van der Waals surface area contributed by atoms with Crippen molar-refractivity contribution in [1.29, 1.82) is 0 Å². The number of para-hydroxylation sites is 2. The standard InChI is InChI=1S/C28H17NS/c1-2-9-20-18(7-1)8-5-10-21(20)19-15-16-24-23(17-19)22-11-6-14-27-28(22)29(24)25-12-3-4-13-26(25)30-27/h1-17H. The van der Waals surface area contributed by atoms with Crippen molar-refractivity contribution in [2.45, 2.75) is 9.79 Å². The van der Waals surface area contributed by atoms with E-state index in [1.807, 2.05) is 11.8 Å². The van der Waals surface area contributed by atoms with E-state index < -0.39 is 0 Å². The summed E-state index contributed by atoms with van der Waals surface area (Å²) in [4.78, 5) is 2.64. The fourth-order valence-corrected chi connectivity index (χ4v) is 5.95. The lowest BCUT2D eigenvalue weighted by molar-refractivity contribution is 1.09. The second-order valence-corrected chi connectivity index (χ2v) is 8.90. The van der Waals surface area contributed by atoms with E-state index in [9.17, 15) is 0 Å². The van der Waals surface area contributed by atoms with Crippen LogP contribution in [-0.4, -0.2) is 4.57 Å². The molecule has 0 atom stereocenters. The average molecular weight is 400 g/mol. The highest BCUT2D eigenvalue weighted by Crippen LogP contribution is 2.47. The van der Waals surface area contributed by atoms with Crippen molar-refractivity contribution in [2.24, 2.45) is 0 Å². The Balaban J connectivity index is 1.59. The van der Waals surface area contributed by atoms with E-state index in [0.717, 1.165) is 0 Å². The van der Waals surface area contributed by atoms with E-state index in [2.05, 4.69) is 108 Å². The Hall–Kier alpha value is -3.49. The van der Waals surface area contributed by atoms with E-state index in [4.69, 9.17) is 0 Å². The molecule has 0 saturated carbocycles. The largest absolute Gasteiger partial charge is 0.307 e. The molecule has 0 N–H and O–H groups in total. The Labute approximate surface area is 178 Å². The fourth-order valence-electron chi connectivity index (χ4n) is 4.86. The molecule has 6 aromatic rings. The van der Waals surface area contributed by atoms with Gasteiger partial charge in [-0.3, -0.25) is 0 Å². The summed E-state index contributed by atoms with van der Waals surface area (Å²) in [6, 6.07) is 37.6. The summed E-state index contributed by atoms with van der Waals surface area (Å²) in [5.74, 6) is 0. The molecule has 0 spiro atoms. The molecule has 30 heavy (non-hydrogen) atoms. The van der Waals surface area contributed by atoms with Crippen LogP contribution in [0.1, 0.15) is 0 Å². The topological polar surface area (TPSA) is 4.93 Å². The van der Waals surface area contributed by atoms with Gasteiger partial charge in [0, 0.05) is 20.6 Å². The van der Waals surface area contributed by atoms with Gasteiger partial charge in [-0.25, -0.2) is 0 Å². The second-order valence-electron chi connectivity index (χ2n) is 7.82. The van der Waals surface area contributed by atoms with Crippen molar-refractivity contribution in [3.63, 3.8) is 0 Å². The van der Waals surface area contributed by atoms with Crippen LogP contribution in [0.2, 0.25) is 0 Å². The van der Waals surface area contributed by atoms with Crippen LogP contribution in [0.5, 0.6) is 0 Å². The molecule has 0 saturated heterocycles. The second kappa shape index (κ2) is 6.01. The fraction of sp³-hybridized carbons (Fsp3) is 0. The molecule has 0 bridgehead atoms. The quantitative estimate of drug-likeness (QED) is 0.270. The highest BCUT2D eigenvalue weighted by Gasteiger charge is 2.22. The maximum atomic E-state index is 2.44. The van der Waals surface area contributed by atoms with Crippen molar-refractivity contribution < 1.29 is 0 Å². The molecule has 1 aromatic heterocycles. The Bertz CT molecular complexity index is 1620. The van der Waals surface area contributed by atoms with Gasteiger partial charge < -0.3 is 4.57 Å². The third kappa shape index (κ3) is 2.14. The Kier molecular flexibility index (Phi) is 3.27. The van der Waals surface area contributed by atoms with Crippen LogP contribution in [0.3, 0.4) is 0 Å². The van der Waals surface area contributed by atoms with Gasteiger partial charge in [-0.15, -0.1) is 0 Å². The summed E-state index contributed by atoms with van der Waals surface area (Å²) in [6.07, 6.45) is 0. The molecule has 1 nitrogen and oxygen atoms in total. The smallest absolute Gasteiger partial charge is 0.0681 e. The van der Waals surface area contributed by atoms with Crippen LogP contribution in [-0.2, 0) is 0 Å². The summed E-state index contributed by atoms with van der Waals surface area (Å²) < 4.78 is 2.44. The van der Waals surface area contributed by atoms with Crippen molar-refractivity contribution >= 4 is 44.3 Å². The maximum Gasteiger partial charge on any atom is 0.0681 e. The monoisotopic (exact) mass is 399 g/mol. The van der Waals surface area contributed by atoms with Gasteiger partial charge in [-0.05, 0) is 52.2 Å². The molecular formula is C28H17NS. The van der Waals surface area contributed by atoms with Crippen molar-refractivity contribution in [2.75, 3.05) is 0 Å². The number of hydrogen-bond donors (Lipinski definition) is 0. The third-order valence-corrected chi connectivity index (χ3v) is 7.29. The Morgan fingerprint density at radius 2 is 1.33 bits per heavy atom. The molecule has 0 unspecified atom stereocenters. The zero-order valence-corrected chi connectivity index (χ0v) is 17.0. The van der Waals surface area contributed by atoms with Crippen molar-refractivity contribution in [3.05, 3.63) is 103 Å². The molecular weight excluding hydrogens is 382 g/mol. The molecule has 0 aliphatic carbocycles. The third-order valence-electron chi connectivity index (χ3n) is 6.18. The minimum atomic E-state index is 1.27. The molecule has 7 rings (SSSR count). The van der Waals surface area contributed by atoms with Gasteiger partial charge in [0.1, 0.15) is 0 Å². The van der Waals surface area contributed by atoms with E-state index in [0.29, 0.717) is 0 Å². The van der Waals surface area contributed by atoms with Gasteiger partial charge in [0.2, 0.25) is 0 Å². The van der Waals surface area contributed by atoms with Gasteiger partial charge in [-0.1, -0.05) is 84.6 Å². The number of rotatable bonds is 1.